The van der Waals surface area contributed by atoms with Crippen LogP contribution in [0.4, 0.5) is 0 Å². The average molecular weight is 295 g/mol. The number of nitrogens with zero attached hydrogens (tertiary/aromatic N) is 2. The molecule has 0 unspecified atom stereocenters. The van der Waals surface area contributed by atoms with Gasteiger partial charge in [0.05, 0.1) is 10.2 Å². The van der Waals surface area contributed by atoms with Crippen molar-refractivity contribution in [1.82, 2.24) is 10.3 Å². The van der Waals surface area contributed by atoms with E-state index in [4.69, 9.17) is 22.2 Å². The molecule has 7 heteroatoms. The molecule has 1 heterocycles. The second-order valence-corrected chi connectivity index (χ2v) is 5.93. The minimum Gasteiger partial charge on any atom is -0.469 e. The fourth-order valence-corrected chi connectivity index (χ4v) is 2.86. The largest absolute Gasteiger partial charge is 0.469 e. The number of hydrogen-bond acceptors (Lipinski definition) is 6. The average Bonchev–Trinajstić information content (AvgIpc) is 2.77. The first-order chi connectivity index (χ1) is 8.79. The summed E-state index contributed by atoms with van der Waals surface area (Å²) in [6, 6.07) is 7.90. The summed E-state index contributed by atoms with van der Waals surface area (Å²) in [5, 5.41) is 11.4. The van der Waals surface area contributed by atoms with Crippen LogP contribution in [0.1, 0.15) is 0 Å². The van der Waals surface area contributed by atoms with Crippen molar-refractivity contribution in [3.8, 4) is 11.4 Å². The summed E-state index contributed by atoms with van der Waals surface area (Å²) < 4.78 is 7.11. The zero-order valence-electron chi connectivity index (χ0n) is 9.25. The first-order valence-electron chi connectivity index (χ1n) is 5.10. The normalized spacial score (nSPS) is 9.94. The third-order valence-electron chi connectivity index (χ3n) is 1.97. The maximum absolute atomic E-state index is 8.35. The number of thiazole rings is 1. The second kappa shape index (κ2) is 6.54. The van der Waals surface area contributed by atoms with Gasteiger partial charge in [-0.25, -0.2) is 4.98 Å². The summed E-state index contributed by atoms with van der Waals surface area (Å²) in [5.74, 6) is 0.684. The van der Waals surface area contributed by atoms with Gasteiger partial charge in [0.1, 0.15) is 10.9 Å². The molecule has 2 rings (SSSR count). The Labute approximate surface area is 118 Å². The predicted octanol–water partition coefficient (Wildman–Crippen LogP) is 2.76. The molecule has 2 aromatic rings. The molecule has 92 valence electrons. The first-order valence-corrected chi connectivity index (χ1v) is 7.31. The lowest BCUT2D eigenvalue weighted by Crippen LogP contribution is -2.12. The molecule has 0 radical (unpaired) electrons. The molecule has 1 N–H and O–H groups in total. The minimum atomic E-state index is 0.463. The van der Waals surface area contributed by atoms with Gasteiger partial charge in [0.2, 0.25) is 0 Å². The van der Waals surface area contributed by atoms with E-state index >= 15 is 0 Å². The third kappa shape index (κ3) is 3.57. The van der Waals surface area contributed by atoms with Crippen molar-refractivity contribution in [2.24, 2.45) is 0 Å². The summed E-state index contributed by atoms with van der Waals surface area (Å²) in [6.45, 7) is 0.512. The molecule has 0 aliphatic rings. The van der Waals surface area contributed by atoms with Gasteiger partial charge >= 0.3 is 0 Å². The maximum Gasteiger partial charge on any atom is 0.274 e. The molecule has 0 bridgehead atoms. The number of ether oxygens (including phenoxy) is 1. The van der Waals surface area contributed by atoms with Crippen LogP contribution in [0.15, 0.2) is 24.3 Å². The van der Waals surface area contributed by atoms with Gasteiger partial charge in [0.15, 0.2) is 6.19 Å². The van der Waals surface area contributed by atoms with Gasteiger partial charge in [-0.15, -0.1) is 0 Å². The van der Waals surface area contributed by atoms with Crippen molar-refractivity contribution < 1.29 is 4.74 Å². The quantitative estimate of drug-likeness (QED) is 0.405. The summed E-state index contributed by atoms with van der Waals surface area (Å²) in [7, 11) is 0. The molecule has 0 saturated heterocycles. The molecule has 0 atom stereocenters. The lowest BCUT2D eigenvalue weighted by Gasteiger charge is -2.01. The van der Waals surface area contributed by atoms with Crippen LogP contribution in [0.3, 0.4) is 0 Å². The summed E-state index contributed by atoms with van der Waals surface area (Å²) >= 11 is 7.80. The fourth-order valence-electron chi connectivity index (χ4n) is 1.26. The Hall–Kier alpha value is -1.36. The predicted molar refractivity (Wildman–Crippen MR) is 78.9 cm³/mol. The third-order valence-corrected chi connectivity index (χ3v) is 4.11. The Morgan fingerprint density at radius 1 is 1.56 bits per heavy atom. The first kappa shape index (κ1) is 13.1. The lowest BCUT2D eigenvalue weighted by atomic mass is 10.3. The molecule has 0 saturated carbocycles. The molecular weight excluding hydrogens is 286 g/mol. The van der Waals surface area contributed by atoms with Crippen LogP contribution < -0.4 is 10.1 Å². The Bertz CT molecular complexity index is 557. The van der Waals surface area contributed by atoms with E-state index in [1.807, 2.05) is 24.3 Å². The van der Waals surface area contributed by atoms with Crippen LogP contribution in [0.2, 0.25) is 0 Å². The monoisotopic (exact) mass is 295 g/mol. The second-order valence-electron chi connectivity index (χ2n) is 3.17. The van der Waals surface area contributed by atoms with E-state index in [2.05, 4.69) is 10.3 Å². The summed E-state index contributed by atoms with van der Waals surface area (Å²) in [4.78, 5) is 4.35. The zero-order chi connectivity index (χ0) is 12.8. The number of aromatic nitrogens is 1. The number of nitriles is 1. The van der Waals surface area contributed by atoms with E-state index in [9.17, 15) is 0 Å². The van der Waals surface area contributed by atoms with Crippen LogP contribution in [0.25, 0.3) is 10.2 Å². The fraction of sp³-hybridized carbons (Fsp3) is 0.182. The lowest BCUT2D eigenvalue weighted by molar-refractivity contribution is 0.343. The molecule has 0 aliphatic carbocycles. The van der Waals surface area contributed by atoms with E-state index in [-0.39, 0.29) is 0 Å². The zero-order valence-corrected chi connectivity index (χ0v) is 11.7. The van der Waals surface area contributed by atoms with Crippen molar-refractivity contribution in [1.29, 1.82) is 5.26 Å². The van der Waals surface area contributed by atoms with Gasteiger partial charge in [-0.3, -0.25) is 5.32 Å². The smallest absolute Gasteiger partial charge is 0.274 e. The highest BCUT2D eigenvalue weighted by atomic mass is 32.2. The Balaban J connectivity index is 1.80. The van der Waals surface area contributed by atoms with Crippen molar-refractivity contribution >= 4 is 49.9 Å². The summed E-state index contributed by atoms with van der Waals surface area (Å²) in [5.41, 5.74) is 0.951. The maximum atomic E-state index is 8.35. The van der Waals surface area contributed by atoms with Gasteiger partial charge in [0.25, 0.3) is 5.19 Å². The number of thioether (sulfide) groups is 1. The van der Waals surface area contributed by atoms with Crippen LogP contribution in [0.5, 0.6) is 5.19 Å². The Morgan fingerprint density at radius 2 is 2.39 bits per heavy atom. The van der Waals surface area contributed by atoms with E-state index < -0.39 is 0 Å². The standard InChI is InChI=1S/C11H9N3OS3/c12-7-13-11(16)17-6-5-15-10-14-8-3-1-2-4-9(8)18-10/h1-4H,5-6H2,(H,13,16). The van der Waals surface area contributed by atoms with E-state index in [0.29, 0.717) is 21.9 Å². The highest BCUT2D eigenvalue weighted by molar-refractivity contribution is 8.23. The Morgan fingerprint density at radius 3 is 3.17 bits per heavy atom. The SMILES string of the molecule is N#CNC(=S)SCCOc1nc2ccccc2s1. The number of rotatable bonds is 4. The van der Waals surface area contributed by atoms with Crippen molar-refractivity contribution in [2.45, 2.75) is 0 Å². The van der Waals surface area contributed by atoms with Crippen molar-refractivity contribution in [2.75, 3.05) is 12.4 Å². The molecule has 1 aromatic heterocycles. The van der Waals surface area contributed by atoms with Crippen molar-refractivity contribution in [3.63, 3.8) is 0 Å². The van der Waals surface area contributed by atoms with Crippen LogP contribution in [0, 0.1) is 11.5 Å². The number of para-hydroxylation sites is 1. The molecule has 4 nitrogen and oxygen atoms in total. The molecular formula is C11H9N3OS3. The number of benzene rings is 1. The molecule has 0 spiro atoms. The minimum absolute atomic E-state index is 0.463. The van der Waals surface area contributed by atoms with Crippen LogP contribution in [-0.4, -0.2) is 21.7 Å². The molecule has 18 heavy (non-hydrogen) atoms. The number of fused-ring (bicyclic) bond motifs is 1. The highest BCUT2D eigenvalue weighted by Gasteiger charge is 2.04. The van der Waals surface area contributed by atoms with Crippen LogP contribution >= 0.6 is 35.3 Å². The number of thiocarbonyl (C=S) groups is 1. The highest BCUT2D eigenvalue weighted by Crippen LogP contribution is 2.27. The van der Waals surface area contributed by atoms with Crippen molar-refractivity contribution in [3.05, 3.63) is 24.3 Å². The van der Waals surface area contributed by atoms with E-state index in [1.165, 1.54) is 23.1 Å². The number of hydrogen-bond donors (Lipinski definition) is 1. The van der Waals surface area contributed by atoms with Gasteiger partial charge in [-0.1, -0.05) is 47.4 Å². The molecule has 0 aliphatic heterocycles. The Kier molecular flexibility index (Phi) is 4.75. The van der Waals surface area contributed by atoms with E-state index in [0.717, 1.165) is 10.2 Å². The van der Waals surface area contributed by atoms with Crippen LogP contribution in [-0.2, 0) is 0 Å². The van der Waals surface area contributed by atoms with Gasteiger partial charge < -0.3 is 4.74 Å². The molecule has 1 aromatic carbocycles. The summed E-state index contributed by atoms with van der Waals surface area (Å²) in [6.07, 6.45) is 1.78. The number of nitrogens with one attached hydrogen (secondary N) is 1. The molecule has 0 fully saturated rings. The molecule has 0 amide bonds. The van der Waals surface area contributed by atoms with Gasteiger partial charge in [-0.2, -0.15) is 5.26 Å². The van der Waals surface area contributed by atoms with Gasteiger partial charge in [0, 0.05) is 5.75 Å². The topological polar surface area (TPSA) is 57.9 Å². The van der Waals surface area contributed by atoms with E-state index in [1.54, 1.807) is 6.19 Å². The van der Waals surface area contributed by atoms with Gasteiger partial charge in [-0.05, 0) is 12.1 Å².